The van der Waals surface area contributed by atoms with Gasteiger partial charge in [-0.1, -0.05) is 6.42 Å². The van der Waals surface area contributed by atoms with Gasteiger partial charge in [0.05, 0.1) is 12.5 Å². The van der Waals surface area contributed by atoms with E-state index in [2.05, 4.69) is 17.1 Å². The Morgan fingerprint density at radius 2 is 2.19 bits per heavy atom. The SMILES string of the molecule is CC(CN1CCCCC1)NCc1ccoc1. The molecule has 1 saturated heterocycles. The second-order valence-electron chi connectivity index (χ2n) is 4.77. The first-order valence-corrected chi connectivity index (χ1v) is 6.31. The van der Waals surface area contributed by atoms with E-state index in [1.54, 1.807) is 12.5 Å². The Balaban J connectivity index is 1.65. The molecule has 0 saturated carbocycles. The van der Waals surface area contributed by atoms with Gasteiger partial charge in [0.25, 0.3) is 0 Å². The number of piperidine rings is 1. The quantitative estimate of drug-likeness (QED) is 0.828. The number of hydrogen-bond donors (Lipinski definition) is 1. The molecule has 16 heavy (non-hydrogen) atoms. The molecule has 0 radical (unpaired) electrons. The van der Waals surface area contributed by atoms with E-state index in [-0.39, 0.29) is 0 Å². The Hall–Kier alpha value is -0.800. The number of nitrogens with zero attached hydrogens (tertiary/aromatic N) is 1. The summed E-state index contributed by atoms with van der Waals surface area (Å²) < 4.78 is 5.05. The van der Waals surface area contributed by atoms with Crippen molar-refractivity contribution in [3.63, 3.8) is 0 Å². The third-order valence-electron chi connectivity index (χ3n) is 3.22. The Morgan fingerprint density at radius 3 is 2.88 bits per heavy atom. The van der Waals surface area contributed by atoms with Crippen LogP contribution in [0, 0.1) is 0 Å². The summed E-state index contributed by atoms with van der Waals surface area (Å²) in [6, 6.07) is 2.56. The van der Waals surface area contributed by atoms with Gasteiger partial charge in [-0.2, -0.15) is 0 Å². The summed E-state index contributed by atoms with van der Waals surface area (Å²) in [4.78, 5) is 2.57. The van der Waals surface area contributed by atoms with Crippen LogP contribution in [0.25, 0.3) is 0 Å². The van der Waals surface area contributed by atoms with Gasteiger partial charge in [-0.3, -0.25) is 0 Å². The fourth-order valence-electron chi connectivity index (χ4n) is 2.28. The van der Waals surface area contributed by atoms with Crippen molar-refractivity contribution < 1.29 is 4.42 Å². The first-order chi connectivity index (χ1) is 7.84. The average molecular weight is 222 g/mol. The van der Waals surface area contributed by atoms with Gasteiger partial charge < -0.3 is 14.6 Å². The third-order valence-corrected chi connectivity index (χ3v) is 3.22. The van der Waals surface area contributed by atoms with Gasteiger partial charge >= 0.3 is 0 Å². The zero-order valence-corrected chi connectivity index (χ0v) is 10.1. The summed E-state index contributed by atoms with van der Waals surface area (Å²) in [5.41, 5.74) is 1.23. The Kier molecular flexibility index (Phi) is 4.43. The number of rotatable bonds is 5. The lowest BCUT2D eigenvalue weighted by Gasteiger charge is -2.29. The minimum absolute atomic E-state index is 0.549. The Bertz CT molecular complexity index is 278. The second-order valence-corrected chi connectivity index (χ2v) is 4.77. The molecule has 1 aromatic heterocycles. The van der Waals surface area contributed by atoms with E-state index < -0.39 is 0 Å². The second kappa shape index (κ2) is 6.06. The van der Waals surface area contributed by atoms with Crippen molar-refractivity contribution in [1.29, 1.82) is 0 Å². The van der Waals surface area contributed by atoms with E-state index in [1.807, 2.05) is 6.07 Å². The molecule has 3 heteroatoms. The summed E-state index contributed by atoms with van der Waals surface area (Å²) in [5, 5.41) is 3.53. The minimum Gasteiger partial charge on any atom is -0.472 e. The molecule has 1 aliphatic rings. The van der Waals surface area contributed by atoms with Crippen LogP contribution in [0.4, 0.5) is 0 Å². The minimum atomic E-state index is 0.549. The fraction of sp³-hybridized carbons (Fsp3) is 0.692. The molecular formula is C13H22N2O. The van der Waals surface area contributed by atoms with Gasteiger partial charge in [-0.25, -0.2) is 0 Å². The molecule has 3 nitrogen and oxygen atoms in total. The smallest absolute Gasteiger partial charge is 0.0947 e. The molecule has 1 N–H and O–H groups in total. The van der Waals surface area contributed by atoms with Gasteiger partial charge in [-0.15, -0.1) is 0 Å². The molecule has 0 spiro atoms. The lowest BCUT2D eigenvalue weighted by atomic mass is 10.1. The van der Waals surface area contributed by atoms with Gasteiger partial charge in [0, 0.05) is 24.7 Å². The van der Waals surface area contributed by atoms with Gasteiger partial charge in [-0.05, 0) is 38.9 Å². The van der Waals surface area contributed by atoms with Crippen LogP contribution in [-0.2, 0) is 6.54 Å². The Morgan fingerprint density at radius 1 is 1.38 bits per heavy atom. The maximum Gasteiger partial charge on any atom is 0.0947 e. The van der Waals surface area contributed by atoms with Crippen molar-refractivity contribution in [2.24, 2.45) is 0 Å². The largest absolute Gasteiger partial charge is 0.472 e. The predicted octanol–water partition coefficient (Wildman–Crippen LogP) is 2.24. The molecule has 2 rings (SSSR count). The zero-order valence-electron chi connectivity index (χ0n) is 10.1. The first-order valence-electron chi connectivity index (χ1n) is 6.31. The molecular weight excluding hydrogens is 200 g/mol. The van der Waals surface area contributed by atoms with Crippen LogP contribution in [0.15, 0.2) is 23.0 Å². The van der Waals surface area contributed by atoms with Crippen LogP contribution in [0.5, 0.6) is 0 Å². The van der Waals surface area contributed by atoms with E-state index in [0.717, 1.165) is 13.1 Å². The number of likely N-dealkylation sites (tertiary alicyclic amines) is 1. The summed E-state index contributed by atoms with van der Waals surface area (Å²) in [7, 11) is 0. The third kappa shape index (κ3) is 3.65. The van der Waals surface area contributed by atoms with Crippen LogP contribution in [-0.4, -0.2) is 30.6 Å². The van der Waals surface area contributed by atoms with Crippen molar-refractivity contribution in [2.45, 2.75) is 38.8 Å². The van der Waals surface area contributed by atoms with Gasteiger partial charge in [0.1, 0.15) is 0 Å². The Labute approximate surface area is 97.8 Å². The summed E-state index contributed by atoms with van der Waals surface area (Å²) in [6.45, 7) is 6.88. The molecule has 1 aromatic rings. The maximum absolute atomic E-state index is 5.05. The van der Waals surface area contributed by atoms with Crippen LogP contribution in [0.1, 0.15) is 31.7 Å². The highest BCUT2D eigenvalue weighted by Crippen LogP contribution is 2.09. The summed E-state index contributed by atoms with van der Waals surface area (Å²) in [5.74, 6) is 0. The predicted molar refractivity (Wildman–Crippen MR) is 65.3 cm³/mol. The average Bonchev–Trinajstić information content (AvgIpc) is 2.81. The lowest BCUT2D eigenvalue weighted by Crippen LogP contribution is -2.41. The molecule has 1 unspecified atom stereocenters. The lowest BCUT2D eigenvalue weighted by molar-refractivity contribution is 0.209. The summed E-state index contributed by atoms with van der Waals surface area (Å²) >= 11 is 0. The normalized spacial score (nSPS) is 19.8. The van der Waals surface area contributed by atoms with Gasteiger partial charge in [0.15, 0.2) is 0 Å². The van der Waals surface area contributed by atoms with E-state index in [4.69, 9.17) is 4.42 Å². The molecule has 0 aliphatic carbocycles. The van der Waals surface area contributed by atoms with E-state index >= 15 is 0 Å². The van der Waals surface area contributed by atoms with Gasteiger partial charge in [0.2, 0.25) is 0 Å². The van der Waals surface area contributed by atoms with Crippen LogP contribution < -0.4 is 5.32 Å². The van der Waals surface area contributed by atoms with Crippen molar-refractivity contribution in [3.05, 3.63) is 24.2 Å². The van der Waals surface area contributed by atoms with Crippen LogP contribution in [0.3, 0.4) is 0 Å². The standard InChI is InChI=1S/C13H22N2O/c1-12(10-15-6-3-2-4-7-15)14-9-13-5-8-16-11-13/h5,8,11-12,14H,2-4,6-7,9-10H2,1H3. The topological polar surface area (TPSA) is 28.4 Å². The van der Waals surface area contributed by atoms with Crippen LogP contribution >= 0.6 is 0 Å². The zero-order chi connectivity index (χ0) is 11.2. The molecule has 2 heterocycles. The van der Waals surface area contributed by atoms with Crippen molar-refractivity contribution in [1.82, 2.24) is 10.2 Å². The van der Waals surface area contributed by atoms with Crippen LogP contribution in [0.2, 0.25) is 0 Å². The highest BCUT2D eigenvalue weighted by molar-refractivity contribution is 5.04. The molecule has 0 aromatic carbocycles. The van der Waals surface area contributed by atoms with E-state index in [1.165, 1.54) is 37.9 Å². The van der Waals surface area contributed by atoms with Crippen molar-refractivity contribution in [2.75, 3.05) is 19.6 Å². The van der Waals surface area contributed by atoms with E-state index in [0.29, 0.717) is 6.04 Å². The monoisotopic (exact) mass is 222 g/mol. The fourth-order valence-corrected chi connectivity index (χ4v) is 2.28. The molecule has 1 atom stereocenters. The number of hydrogen-bond acceptors (Lipinski definition) is 3. The molecule has 1 fully saturated rings. The highest BCUT2D eigenvalue weighted by Gasteiger charge is 2.12. The molecule has 0 amide bonds. The summed E-state index contributed by atoms with van der Waals surface area (Å²) in [6.07, 6.45) is 7.68. The first kappa shape index (κ1) is 11.7. The highest BCUT2D eigenvalue weighted by atomic mass is 16.3. The number of nitrogens with one attached hydrogen (secondary N) is 1. The van der Waals surface area contributed by atoms with E-state index in [9.17, 15) is 0 Å². The van der Waals surface area contributed by atoms with Crippen molar-refractivity contribution in [3.8, 4) is 0 Å². The number of furan rings is 1. The van der Waals surface area contributed by atoms with Crippen molar-refractivity contribution >= 4 is 0 Å². The molecule has 90 valence electrons. The maximum atomic E-state index is 5.05. The molecule has 1 aliphatic heterocycles. The molecule has 0 bridgehead atoms.